The predicted molar refractivity (Wildman–Crippen MR) is 124 cm³/mol. The average molecular weight is 469 g/mol. The third-order valence-electron chi connectivity index (χ3n) is 4.54. The van der Waals surface area contributed by atoms with Crippen molar-refractivity contribution in [3.05, 3.63) is 69.7 Å². The molecule has 0 bridgehead atoms. The van der Waals surface area contributed by atoms with Crippen molar-refractivity contribution < 1.29 is 28.6 Å². The third-order valence-corrected chi connectivity index (χ3v) is 5.44. The first-order valence-corrected chi connectivity index (χ1v) is 11.0. The van der Waals surface area contributed by atoms with Gasteiger partial charge in [-0.05, 0) is 44.2 Å². The molecule has 0 aliphatic rings. The zero-order valence-corrected chi connectivity index (χ0v) is 19.4. The number of rotatable bonds is 10. The summed E-state index contributed by atoms with van der Waals surface area (Å²) in [4.78, 5) is 40.0. The standard InChI is InChI=1S/C24H24N2O6S/c1-15-4-7-18(8-5-15)25-22(28)11-23-26-19(14-33-23)12-32-24(29)13-31-20-9-6-17(16(2)27)10-21(20)30-3/h4-10,14H,11-13H2,1-3H3,(H,25,28). The minimum Gasteiger partial charge on any atom is -0.493 e. The first-order valence-electron chi connectivity index (χ1n) is 10.1. The number of ketones is 1. The van der Waals surface area contributed by atoms with Gasteiger partial charge < -0.3 is 19.5 Å². The van der Waals surface area contributed by atoms with E-state index in [-0.39, 0.29) is 31.3 Å². The number of hydrogen-bond donors (Lipinski definition) is 1. The molecule has 0 fully saturated rings. The lowest BCUT2D eigenvalue weighted by atomic mass is 10.1. The number of anilines is 1. The van der Waals surface area contributed by atoms with Gasteiger partial charge in [0, 0.05) is 16.6 Å². The fraction of sp³-hybridized carbons (Fsp3) is 0.250. The number of nitrogens with zero attached hydrogens (tertiary/aromatic N) is 1. The van der Waals surface area contributed by atoms with E-state index in [1.54, 1.807) is 23.6 Å². The predicted octanol–water partition coefficient (Wildman–Crippen LogP) is 3.97. The summed E-state index contributed by atoms with van der Waals surface area (Å²) in [5.74, 6) is -0.178. The quantitative estimate of drug-likeness (QED) is 0.355. The zero-order valence-electron chi connectivity index (χ0n) is 18.5. The normalized spacial score (nSPS) is 10.4. The van der Waals surface area contributed by atoms with Crippen molar-refractivity contribution in [1.82, 2.24) is 4.98 Å². The Kier molecular flexibility index (Phi) is 8.15. The van der Waals surface area contributed by atoms with Gasteiger partial charge in [-0.1, -0.05) is 17.7 Å². The molecular weight excluding hydrogens is 444 g/mol. The van der Waals surface area contributed by atoms with Crippen LogP contribution in [0.3, 0.4) is 0 Å². The number of aromatic nitrogens is 1. The number of thiazole rings is 1. The number of carbonyl (C=O) groups is 3. The summed E-state index contributed by atoms with van der Waals surface area (Å²) in [5, 5.41) is 5.19. The van der Waals surface area contributed by atoms with E-state index in [4.69, 9.17) is 14.2 Å². The molecular formula is C24H24N2O6S. The summed E-state index contributed by atoms with van der Waals surface area (Å²) < 4.78 is 15.9. The highest BCUT2D eigenvalue weighted by molar-refractivity contribution is 7.09. The molecule has 9 heteroatoms. The van der Waals surface area contributed by atoms with E-state index in [0.717, 1.165) is 11.3 Å². The maximum Gasteiger partial charge on any atom is 0.344 e. The topological polar surface area (TPSA) is 104 Å². The maximum absolute atomic E-state index is 12.2. The molecule has 0 saturated heterocycles. The summed E-state index contributed by atoms with van der Waals surface area (Å²) in [6.07, 6.45) is 0.131. The number of hydrogen-bond acceptors (Lipinski definition) is 8. The van der Waals surface area contributed by atoms with Crippen LogP contribution in [0.4, 0.5) is 5.69 Å². The number of benzene rings is 2. The number of esters is 1. The third kappa shape index (κ3) is 7.15. The Morgan fingerprint density at radius 2 is 1.82 bits per heavy atom. The molecule has 2 aromatic carbocycles. The summed E-state index contributed by atoms with van der Waals surface area (Å²) in [6.45, 7) is 3.07. The van der Waals surface area contributed by atoms with Gasteiger partial charge in [0.15, 0.2) is 23.9 Å². The van der Waals surface area contributed by atoms with Crippen LogP contribution in [0, 0.1) is 6.92 Å². The van der Waals surface area contributed by atoms with Crippen LogP contribution in [0.15, 0.2) is 47.8 Å². The van der Waals surface area contributed by atoms with Crippen molar-refractivity contribution in [3.63, 3.8) is 0 Å². The molecule has 0 aliphatic carbocycles. The lowest BCUT2D eigenvalue weighted by Crippen LogP contribution is -2.16. The molecule has 0 saturated carbocycles. The first kappa shape index (κ1) is 23.9. The lowest BCUT2D eigenvalue weighted by molar-refractivity contribution is -0.147. The fourth-order valence-electron chi connectivity index (χ4n) is 2.81. The largest absolute Gasteiger partial charge is 0.493 e. The van der Waals surface area contributed by atoms with Crippen LogP contribution in [0.25, 0.3) is 0 Å². The second kappa shape index (κ2) is 11.2. The number of amides is 1. The number of ether oxygens (including phenoxy) is 3. The van der Waals surface area contributed by atoms with Crippen LogP contribution in [0.2, 0.25) is 0 Å². The Morgan fingerprint density at radius 3 is 2.52 bits per heavy atom. The Bertz CT molecular complexity index is 1140. The minimum absolute atomic E-state index is 0.0291. The molecule has 0 atom stereocenters. The molecule has 3 aromatic rings. The van der Waals surface area contributed by atoms with Crippen LogP contribution < -0.4 is 14.8 Å². The van der Waals surface area contributed by atoms with E-state index >= 15 is 0 Å². The van der Waals surface area contributed by atoms with Crippen LogP contribution in [0.5, 0.6) is 11.5 Å². The Labute approximate surface area is 195 Å². The molecule has 1 N–H and O–H groups in total. The monoisotopic (exact) mass is 468 g/mol. The molecule has 0 spiro atoms. The molecule has 0 unspecified atom stereocenters. The second-order valence-electron chi connectivity index (χ2n) is 7.19. The summed E-state index contributed by atoms with van der Waals surface area (Å²) in [6, 6.07) is 12.2. The smallest absolute Gasteiger partial charge is 0.344 e. The van der Waals surface area contributed by atoms with Crippen molar-refractivity contribution in [2.45, 2.75) is 26.9 Å². The number of aryl methyl sites for hydroxylation is 1. The maximum atomic E-state index is 12.2. The van der Waals surface area contributed by atoms with Gasteiger partial charge in [-0.15, -0.1) is 11.3 Å². The Balaban J connectivity index is 1.45. The summed E-state index contributed by atoms with van der Waals surface area (Å²) in [7, 11) is 1.45. The second-order valence-corrected chi connectivity index (χ2v) is 8.14. The fourth-order valence-corrected chi connectivity index (χ4v) is 3.59. The van der Waals surface area contributed by atoms with Crippen molar-refractivity contribution in [2.24, 2.45) is 0 Å². The number of Topliss-reactive ketones (excluding diaryl/α,β-unsaturated/α-hetero) is 1. The van der Waals surface area contributed by atoms with Gasteiger partial charge in [0.2, 0.25) is 5.91 Å². The van der Waals surface area contributed by atoms with Crippen LogP contribution in [-0.4, -0.2) is 36.4 Å². The van der Waals surface area contributed by atoms with Gasteiger partial charge in [0.25, 0.3) is 0 Å². The van der Waals surface area contributed by atoms with Gasteiger partial charge in [0.1, 0.15) is 11.6 Å². The molecule has 1 aromatic heterocycles. The van der Waals surface area contributed by atoms with E-state index in [1.165, 1.54) is 25.4 Å². The number of carbonyl (C=O) groups excluding carboxylic acids is 3. The van der Waals surface area contributed by atoms with Crippen LogP contribution in [-0.2, 0) is 27.4 Å². The summed E-state index contributed by atoms with van der Waals surface area (Å²) >= 11 is 1.32. The molecule has 0 radical (unpaired) electrons. The molecule has 8 nitrogen and oxygen atoms in total. The van der Waals surface area contributed by atoms with E-state index < -0.39 is 5.97 Å². The minimum atomic E-state index is -0.584. The van der Waals surface area contributed by atoms with E-state index in [1.807, 2.05) is 31.2 Å². The van der Waals surface area contributed by atoms with Gasteiger partial charge >= 0.3 is 5.97 Å². The molecule has 3 rings (SSSR count). The highest BCUT2D eigenvalue weighted by Gasteiger charge is 2.13. The average Bonchev–Trinajstić information content (AvgIpc) is 3.24. The molecule has 1 amide bonds. The van der Waals surface area contributed by atoms with Crippen molar-refractivity contribution >= 4 is 34.7 Å². The van der Waals surface area contributed by atoms with Gasteiger partial charge in [-0.25, -0.2) is 9.78 Å². The highest BCUT2D eigenvalue weighted by Crippen LogP contribution is 2.28. The first-order chi connectivity index (χ1) is 15.8. The SMILES string of the molecule is COc1cc(C(C)=O)ccc1OCC(=O)OCc1csc(CC(=O)Nc2ccc(C)cc2)n1. The molecule has 1 heterocycles. The Hall–Kier alpha value is -3.72. The van der Waals surface area contributed by atoms with Gasteiger partial charge in [0.05, 0.1) is 19.2 Å². The molecule has 33 heavy (non-hydrogen) atoms. The van der Waals surface area contributed by atoms with Gasteiger partial charge in [-0.3, -0.25) is 9.59 Å². The Morgan fingerprint density at radius 1 is 1.06 bits per heavy atom. The van der Waals surface area contributed by atoms with E-state index in [9.17, 15) is 14.4 Å². The highest BCUT2D eigenvalue weighted by atomic mass is 32.1. The molecule has 172 valence electrons. The van der Waals surface area contributed by atoms with Crippen LogP contribution >= 0.6 is 11.3 Å². The number of methoxy groups -OCH3 is 1. The number of nitrogens with one attached hydrogen (secondary N) is 1. The van der Waals surface area contributed by atoms with Gasteiger partial charge in [-0.2, -0.15) is 0 Å². The lowest BCUT2D eigenvalue weighted by Gasteiger charge is -2.11. The summed E-state index contributed by atoms with van der Waals surface area (Å²) in [5.41, 5.74) is 2.87. The van der Waals surface area contributed by atoms with E-state index in [2.05, 4.69) is 10.3 Å². The molecule has 0 aliphatic heterocycles. The van der Waals surface area contributed by atoms with Crippen LogP contribution in [0.1, 0.15) is 33.5 Å². The zero-order chi connectivity index (χ0) is 23.8. The van der Waals surface area contributed by atoms with Crippen molar-refractivity contribution in [2.75, 3.05) is 19.0 Å². The van der Waals surface area contributed by atoms with Crippen molar-refractivity contribution in [3.8, 4) is 11.5 Å². The van der Waals surface area contributed by atoms with E-state index in [0.29, 0.717) is 27.8 Å². The van der Waals surface area contributed by atoms with Crippen molar-refractivity contribution in [1.29, 1.82) is 0 Å².